The second kappa shape index (κ2) is 4.13. The van der Waals surface area contributed by atoms with Gasteiger partial charge in [-0.25, -0.2) is 5.21 Å². The molecule has 0 aliphatic carbocycles. The largest absolute Gasteiger partial charge is 0.497 e. The van der Waals surface area contributed by atoms with Crippen LogP contribution < -0.4 is 4.74 Å². The Kier molecular flexibility index (Phi) is 2.97. The van der Waals surface area contributed by atoms with Crippen molar-refractivity contribution < 1.29 is 19.9 Å². The van der Waals surface area contributed by atoms with E-state index in [1.54, 1.807) is 31.4 Å². The third-order valence-corrected chi connectivity index (χ3v) is 4.31. The van der Waals surface area contributed by atoms with Gasteiger partial charge in [0.05, 0.1) is 12.7 Å². The van der Waals surface area contributed by atoms with Crippen LogP contribution in [-0.4, -0.2) is 44.2 Å². The van der Waals surface area contributed by atoms with Crippen molar-refractivity contribution in [3.05, 3.63) is 29.8 Å². The van der Waals surface area contributed by atoms with E-state index < -0.39 is 11.1 Å². The third kappa shape index (κ3) is 1.76. The van der Waals surface area contributed by atoms with Crippen molar-refractivity contribution in [3.8, 4) is 5.75 Å². The van der Waals surface area contributed by atoms with Crippen LogP contribution >= 0.6 is 0 Å². The molecule has 0 aromatic heterocycles. The average molecular weight is 265 g/mol. The maximum absolute atomic E-state index is 10.4. The summed E-state index contributed by atoms with van der Waals surface area (Å²) in [5.74, 6) is 1.10. The molecule has 0 fully saturated rings. The van der Waals surface area contributed by atoms with Crippen molar-refractivity contribution in [2.75, 3.05) is 7.11 Å². The summed E-state index contributed by atoms with van der Waals surface area (Å²) < 4.78 is 6.23. The molecule has 1 aliphatic heterocycles. The Morgan fingerprint density at radius 3 is 2.00 bits per heavy atom. The van der Waals surface area contributed by atoms with Crippen LogP contribution in [0.15, 0.2) is 24.3 Å². The van der Waals surface area contributed by atoms with Gasteiger partial charge in [0, 0.05) is 0 Å². The number of nitrogens with zero attached hydrogens (tertiary/aromatic N) is 2. The minimum absolute atomic E-state index is 0.373. The number of hydrogen-bond donors (Lipinski definition) is 2. The van der Waals surface area contributed by atoms with E-state index in [-0.39, 0.29) is 0 Å². The molecule has 0 radical (unpaired) electrons. The van der Waals surface area contributed by atoms with Crippen LogP contribution in [0.25, 0.3) is 0 Å². The Balaban J connectivity index is 2.52. The lowest BCUT2D eigenvalue weighted by Gasteiger charge is -2.29. The fraction of sp³-hybridized carbons (Fsp3) is 0.500. The minimum Gasteiger partial charge on any atom is -0.497 e. The fourth-order valence-corrected chi connectivity index (χ4v) is 2.12. The molecule has 0 unspecified atom stereocenters. The Morgan fingerprint density at radius 1 is 1.11 bits per heavy atom. The van der Waals surface area contributed by atoms with Gasteiger partial charge in [0.15, 0.2) is 11.1 Å². The van der Waals surface area contributed by atoms with Crippen molar-refractivity contribution in [2.45, 2.75) is 38.8 Å². The zero-order valence-electron chi connectivity index (χ0n) is 12.0. The monoisotopic (exact) mass is 265 g/mol. The Bertz CT molecular complexity index is 518. The molecule has 19 heavy (non-hydrogen) atoms. The van der Waals surface area contributed by atoms with Crippen molar-refractivity contribution in [3.63, 3.8) is 0 Å². The van der Waals surface area contributed by atoms with Crippen LogP contribution in [0.5, 0.6) is 5.75 Å². The van der Waals surface area contributed by atoms with Gasteiger partial charge in [-0.3, -0.25) is 0 Å². The van der Waals surface area contributed by atoms with Crippen LogP contribution in [0.2, 0.25) is 0 Å². The molecule has 2 N–H and O–H groups in total. The molecule has 1 aliphatic rings. The molecule has 0 atom stereocenters. The summed E-state index contributed by atoms with van der Waals surface area (Å²) in [5.41, 5.74) is -0.502. The number of rotatable bonds is 2. The van der Waals surface area contributed by atoms with Crippen LogP contribution in [0, 0.1) is 0 Å². The molecule has 2 rings (SSSR count). The lowest BCUT2D eigenvalue weighted by molar-refractivity contribution is -0.820. The predicted octanol–water partition coefficient (Wildman–Crippen LogP) is 2.11. The van der Waals surface area contributed by atoms with Gasteiger partial charge in [-0.1, -0.05) is 4.74 Å². The first kappa shape index (κ1) is 13.7. The van der Waals surface area contributed by atoms with Crippen molar-refractivity contribution >= 4 is 5.84 Å². The quantitative estimate of drug-likeness (QED) is 0.635. The Morgan fingerprint density at radius 2 is 1.63 bits per heavy atom. The summed E-state index contributed by atoms with van der Waals surface area (Å²) in [6.45, 7) is 7.53. The third-order valence-electron chi connectivity index (χ3n) is 4.31. The maximum atomic E-state index is 10.4. The van der Waals surface area contributed by atoms with E-state index in [0.717, 1.165) is 21.1 Å². The van der Waals surface area contributed by atoms with Crippen LogP contribution in [0.1, 0.15) is 33.3 Å². The topological polar surface area (TPSA) is 55.9 Å². The first-order valence-electron chi connectivity index (χ1n) is 6.23. The SMILES string of the molecule is COc1ccc(C2=[N+](O)C(C)(C)C(C)(C)N2O)cc1. The second-order valence-electron chi connectivity index (χ2n) is 5.79. The highest BCUT2D eigenvalue weighted by atomic mass is 16.5. The van der Waals surface area contributed by atoms with E-state index >= 15 is 0 Å². The van der Waals surface area contributed by atoms with E-state index in [9.17, 15) is 10.4 Å². The standard InChI is InChI=1S/C14H21N2O3/c1-13(2)14(3,4)16(18)12(15(13)17)10-6-8-11(19-5)9-7-10/h6-9,17-18H,1-5H3/q+1. The summed E-state index contributed by atoms with van der Waals surface area (Å²) in [6, 6.07) is 7.20. The van der Waals surface area contributed by atoms with Crippen LogP contribution in [0.4, 0.5) is 0 Å². The zero-order valence-corrected chi connectivity index (χ0v) is 12.0. The molecule has 5 heteroatoms. The lowest BCUT2D eigenvalue weighted by Crippen LogP contribution is -2.54. The summed E-state index contributed by atoms with van der Waals surface area (Å²) in [5, 5.41) is 21.9. The van der Waals surface area contributed by atoms with Gasteiger partial charge in [0.2, 0.25) is 0 Å². The first-order valence-corrected chi connectivity index (χ1v) is 6.23. The van der Waals surface area contributed by atoms with Gasteiger partial charge in [0.1, 0.15) is 5.75 Å². The van der Waals surface area contributed by atoms with Gasteiger partial charge < -0.3 is 9.94 Å². The molecule has 0 saturated heterocycles. The minimum atomic E-state index is -0.614. The zero-order chi connectivity index (χ0) is 14.4. The van der Waals surface area contributed by atoms with E-state index in [4.69, 9.17) is 4.74 Å². The highest BCUT2D eigenvalue weighted by molar-refractivity contribution is 5.95. The van der Waals surface area contributed by atoms with Crippen molar-refractivity contribution in [1.82, 2.24) is 5.06 Å². The summed E-state index contributed by atoms with van der Waals surface area (Å²) in [7, 11) is 1.60. The molecular weight excluding hydrogens is 244 g/mol. The van der Waals surface area contributed by atoms with Gasteiger partial charge in [-0.05, 0) is 52.0 Å². The summed E-state index contributed by atoms with van der Waals surface area (Å²) >= 11 is 0. The number of hydroxylamine groups is 3. The molecule has 0 amide bonds. The number of methoxy groups -OCH3 is 1. The number of ether oxygens (including phenoxy) is 1. The van der Waals surface area contributed by atoms with E-state index in [1.165, 1.54) is 0 Å². The molecule has 1 aromatic rings. The highest BCUT2D eigenvalue weighted by Crippen LogP contribution is 2.36. The van der Waals surface area contributed by atoms with Gasteiger partial charge in [0.25, 0.3) is 0 Å². The van der Waals surface area contributed by atoms with Gasteiger partial charge >= 0.3 is 5.84 Å². The molecule has 1 aromatic carbocycles. The van der Waals surface area contributed by atoms with Crippen molar-refractivity contribution in [1.29, 1.82) is 0 Å². The molecule has 5 nitrogen and oxygen atoms in total. The van der Waals surface area contributed by atoms with Crippen LogP contribution in [-0.2, 0) is 0 Å². The van der Waals surface area contributed by atoms with Gasteiger partial charge in [-0.15, -0.1) is 5.06 Å². The highest BCUT2D eigenvalue weighted by Gasteiger charge is 2.62. The first-order chi connectivity index (χ1) is 8.73. The van der Waals surface area contributed by atoms with Gasteiger partial charge in [-0.2, -0.15) is 0 Å². The molecular formula is C14H21N2O3+. The molecule has 0 saturated carbocycles. The normalized spacial score (nSPS) is 20.8. The summed E-state index contributed by atoms with van der Waals surface area (Å²) in [6.07, 6.45) is 0. The van der Waals surface area contributed by atoms with E-state index in [2.05, 4.69) is 0 Å². The number of hydrogen-bond acceptors (Lipinski definition) is 4. The predicted molar refractivity (Wildman–Crippen MR) is 70.9 cm³/mol. The Hall–Kier alpha value is -1.75. The second-order valence-corrected chi connectivity index (χ2v) is 5.79. The molecule has 1 heterocycles. The summed E-state index contributed by atoms with van der Waals surface area (Å²) in [4.78, 5) is 0. The molecule has 0 bridgehead atoms. The van der Waals surface area contributed by atoms with Crippen molar-refractivity contribution in [2.24, 2.45) is 0 Å². The van der Waals surface area contributed by atoms with E-state index in [1.807, 2.05) is 27.7 Å². The van der Waals surface area contributed by atoms with E-state index in [0.29, 0.717) is 5.84 Å². The lowest BCUT2D eigenvalue weighted by atomic mass is 9.84. The fourth-order valence-electron chi connectivity index (χ4n) is 2.12. The van der Waals surface area contributed by atoms with Crippen LogP contribution in [0.3, 0.4) is 0 Å². The molecule has 0 spiro atoms. The smallest absolute Gasteiger partial charge is 0.349 e. The number of benzene rings is 1. The maximum Gasteiger partial charge on any atom is 0.349 e. The Labute approximate surface area is 113 Å². The molecule has 104 valence electrons. The average Bonchev–Trinajstić information content (AvgIpc) is 2.49. The number of amidine groups is 1.